The zero-order valence-corrected chi connectivity index (χ0v) is 11.4. The fourth-order valence-corrected chi connectivity index (χ4v) is 2.71. The van der Waals surface area contributed by atoms with Gasteiger partial charge in [0, 0.05) is 45.7 Å². The molecule has 5 nitrogen and oxygen atoms in total. The number of carbonyl (C=O) groups excluding carboxylic acids is 2. The van der Waals surface area contributed by atoms with Crippen molar-refractivity contribution < 1.29 is 9.59 Å². The van der Waals surface area contributed by atoms with Crippen LogP contribution in [0, 0.1) is 5.92 Å². The van der Waals surface area contributed by atoms with Crippen LogP contribution in [0.5, 0.6) is 0 Å². The number of carbonyl (C=O) groups is 2. The zero-order chi connectivity index (χ0) is 13.1. The van der Waals surface area contributed by atoms with E-state index in [1.807, 2.05) is 9.80 Å². The van der Waals surface area contributed by atoms with Crippen LogP contribution in [-0.4, -0.2) is 72.8 Å². The Labute approximate surface area is 109 Å². The first-order valence-corrected chi connectivity index (χ1v) is 6.87. The molecule has 2 saturated heterocycles. The van der Waals surface area contributed by atoms with Crippen LogP contribution in [0.3, 0.4) is 0 Å². The van der Waals surface area contributed by atoms with Gasteiger partial charge in [0.05, 0.1) is 5.92 Å². The van der Waals surface area contributed by atoms with Crippen LogP contribution in [0.2, 0.25) is 0 Å². The van der Waals surface area contributed by atoms with E-state index in [1.54, 1.807) is 0 Å². The smallest absolute Gasteiger partial charge is 0.228 e. The van der Waals surface area contributed by atoms with E-state index in [2.05, 4.69) is 18.9 Å². The van der Waals surface area contributed by atoms with Crippen LogP contribution in [0.1, 0.15) is 19.8 Å². The quantitative estimate of drug-likeness (QED) is 0.712. The van der Waals surface area contributed by atoms with Gasteiger partial charge in [0.15, 0.2) is 0 Å². The highest BCUT2D eigenvalue weighted by Crippen LogP contribution is 2.20. The normalized spacial score (nSPS) is 25.9. The molecule has 0 bridgehead atoms. The summed E-state index contributed by atoms with van der Waals surface area (Å²) >= 11 is 0. The number of amides is 2. The molecule has 0 saturated carbocycles. The Morgan fingerprint density at radius 1 is 1.28 bits per heavy atom. The molecule has 0 aromatic rings. The number of rotatable bonds is 3. The lowest BCUT2D eigenvalue weighted by molar-refractivity contribution is -0.137. The number of likely N-dealkylation sites (N-methyl/N-ethyl adjacent to an activating group) is 1. The monoisotopic (exact) mass is 253 g/mol. The summed E-state index contributed by atoms with van der Waals surface area (Å²) in [5.41, 5.74) is 0. The largest absolute Gasteiger partial charge is 0.342 e. The van der Waals surface area contributed by atoms with E-state index in [0.29, 0.717) is 13.0 Å². The minimum absolute atomic E-state index is 0.104. The van der Waals surface area contributed by atoms with Gasteiger partial charge < -0.3 is 14.7 Å². The second kappa shape index (κ2) is 5.69. The zero-order valence-electron chi connectivity index (χ0n) is 11.4. The highest BCUT2D eigenvalue weighted by atomic mass is 16.2. The molecule has 5 heteroatoms. The van der Waals surface area contributed by atoms with Crippen LogP contribution in [-0.2, 0) is 9.59 Å². The van der Waals surface area contributed by atoms with Gasteiger partial charge >= 0.3 is 0 Å². The minimum atomic E-state index is -0.104. The van der Waals surface area contributed by atoms with Crippen LogP contribution in [0.25, 0.3) is 0 Å². The Morgan fingerprint density at radius 2 is 1.94 bits per heavy atom. The molecule has 0 aromatic carbocycles. The molecule has 0 aromatic heterocycles. The Balaban J connectivity index is 1.88. The molecule has 0 unspecified atom stereocenters. The number of hydrogen-bond donors (Lipinski definition) is 0. The Morgan fingerprint density at radius 3 is 2.56 bits per heavy atom. The molecule has 18 heavy (non-hydrogen) atoms. The molecule has 2 amide bonds. The van der Waals surface area contributed by atoms with E-state index in [9.17, 15) is 9.59 Å². The van der Waals surface area contributed by atoms with Crippen molar-refractivity contribution in [2.45, 2.75) is 19.8 Å². The predicted molar refractivity (Wildman–Crippen MR) is 69.1 cm³/mol. The first kappa shape index (κ1) is 13.3. The van der Waals surface area contributed by atoms with Crippen molar-refractivity contribution in [2.75, 3.05) is 46.3 Å². The Bertz CT molecular complexity index is 324. The maximum Gasteiger partial charge on any atom is 0.228 e. The summed E-state index contributed by atoms with van der Waals surface area (Å²) in [6.07, 6.45) is 1.37. The van der Waals surface area contributed by atoms with Crippen molar-refractivity contribution in [1.29, 1.82) is 0 Å². The summed E-state index contributed by atoms with van der Waals surface area (Å²) in [5.74, 6) is 0.215. The van der Waals surface area contributed by atoms with Gasteiger partial charge in [-0.2, -0.15) is 0 Å². The standard InChI is InChI=1S/C13H23N3O2/c1-3-4-16-10-11(9-12(16)17)13(18)15-7-5-14(2)6-8-15/h11H,3-10H2,1-2H3/t11-/m1/s1. The molecule has 0 N–H and O–H groups in total. The lowest BCUT2D eigenvalue weighted by atomic mass is 10.1. The molecule has 2 rings (SSSR count). The molecule has 2 aliphatic heterocycles. The fourth-order valence-electron chi connectivity index (χ4n) is 2.71. The molecule has 0 spiro atoms. The lowest BCUT2D eigenvalue weighted by Gasteiger charge is -2.33. The highest BCUT2D eigenvalue weighted by Gasteiger charge is 2.36. The SMILES string of the molecule is CCCN1C[C@H](C(=O)N2CCN(C)CC2)CC1=O. The van der Waals surface area contributed by atoms with Gasteiger partial charge in [0.1, 0.15) is 0 Å². The van der Waals surface area contributed by atoms with Gasteiger partial charge in [-0.15, -0.1) is 0 Å². The van der Waals surface area contributed by atoms with Crippen molar-refractivity contribution in [3.63, 3.8) is 0 Å². The second-order valence-corrected chi connectivity index (χ2v) is 5.37. The van der Waals surface area contributed by atoms with E-state index in [1.165, 1.54) is 0 Å². The van der Waals surface area contributed by atoms with Crippen LogP contribution in [0.15, 0.2) is 0 Å². The number of likely N-dealkylation sites (tertiary alicyclic amines) is 1. The molecule has 0 aliphatic carbocycles. The van der Waals surface area contributed by atoms with E-state index >= 15 is 0 Å². The van der Waals surface area contributed by atoms with E-state index < -0.39 is 0 Å². The third kappa shape index (κ3) is 2.83. The van der Waals surface area contributed by atoms with E-state index in [4.69, 9.17) is 0 Å². The minimum Gasteiger partial charge on any atom is -0.342 e. The Hall–Kier alpha value is -1.10. The fraction of sp³-hybridized carbons (Fsp3) is 0.846. The van der Waals surface area contributed by atoms with Crippen molar-refractivity contribution in [3.05, 3.63) is 0 Å². The maximum absolute atomic E-state index is 12.3. The summed E-state index contributed by atoms with van der Waals surface area (Å²) in [4.78, 5) is 30.1. The van der Waals surface area contributed by atoms with Crippen molar-refractivity contribution >= 4 is 11.8 Å². The number of hydrogen-bond acceptors (Lipinski definition) is 3. The van der Waals surface area contributed by atoms with Gasteiger partial charge in [0.25, 0.3) is 0 Å². The van der Waals surface area contributed by atoms with Crippen molar-refractivity contribution in [1.82, 2.24) is 14.7 Å². The summed E-state index contributed by atoms with van der Waals surface area (Å²) in [7, 11) is 2.07. The number of piperazine rings is 1. The molecule has 2 heterocycles. The average molecular weight is 253 g/mol. The third-order valence-electron chi connectivity index (χ3n) is 3.87. The highest BCUT2D eigenvalue weighted by molar-refractivity contribution is 5.89. The van der Waals surface area contributed by atoms with Gasteiger partial charge in [-0.3, -0.25) is 9.59 Å². The van der Waals surface area contributed by atoms with Gasteiger partial charge in [0.2, 0.25) is 11.8 Å². The Kier molecular flexibility index (Phi) is 4.22. The molecule has 1 atom stereocenters. The summed E-state index contributed by atoms with van der Waals surface area (Å²) < 4.78 is 0. The van der Waals surface area contributed by atoms with Crippen molar-refractivity contribution in [3.8, 4) is 0 Å². The van der Waals surface area contributed by atoms with Gasteiger partial charge in [-0.05, 0) is 13.5 Å². The van der Waals surface area contributed by atoms with Gasteiger partial charge in [-0.1, -0.05) is 6.92 Å². The first-order valence-electron chi connectivity index (χ1n) is 6.87. The second-order valence-electron chi connectivity index (χ2n) is 5.37. The van der Waals surface area contributed by atoms with Crippen LogP contribution >= 0.6 is 0 Å². The van der Waals surface area contributed by atoms with Crippen LogP contribution in [0.4, 0.5) is 0 Å². The van der Waals surface area contributed by atoms with Gasteiger partial charge in [-0.25, -0.2) is 0 Å². The summed E-state index contributed by atoms with van der Waals surface area (Å²) in [6, 6.07) is 0. The third-order valence-corrected chi connectivity index (χ3v) is 3.87. The van der Waals surface area contributed by atoms with Crippen LogP contribution < -0.4 is 0 Å². The molecule has 0 radical (unpaired) electrons. The summed E-state index contributed by atoms with van der Waals surface area (Å²) in [6.45, 7) is 6.93. The molecular formula is C13H23N3O2. The van der Waals surface area contributed by atoms with E-state index in [-0.39, 0.29) is 17.7 Å². The molecular weight excluding hydrogens is 230 g/mol. The topological polar surface area (TPSA) is 43.9 Å². The predicted octanol–water partition coefficient (Wildman–Crippen LogP) is 0.0189. The average Bonchev–Trinajstić information content (AvgIpc) is 2.72. The van der Waals surface area contributed by atoms with Crippen molar-refractivity contribution in [2.24, 2.45) is 5.92 Å². The maximum atomic E-state index is 12.3. The molecule has 2 aliphatic rings. The summed E-state index contributed by atoms with van der Waals surface area (Å²) in [5, 5.41) is 0. The number of nitrogens with zero attached hydrogens (tertiary/aromatic N) is 3. The first-order chi connectivity index (χ1) is 8.61. The molecule has 102 valence electrons. The molecule has 2 fully saturated rings. The lowest BCUT2D eigenvalue weighted by Crippen LogP contribution is -2.49. The van der Waals surface area contributed by atoms with E-state index in [0.717, 1.165) is 39.1 Å².